The molecule has 0 N–H and O–H groups in total. The van der Waals surface area contributed by atoms with Gasteiger partial charge in [-0.05, 0) is 95.3 Å². The fourth-order valence-corrected chi connectivity index (χ4v) is 3.47. The van der Waals surface area contributed by atoms with Gasteiger partial charge in [0, 0.05) is 24.5 Å². The molecule has 0 aromatic heterocycles. The summed E-state index contributed by atoms with van der Waals surface area (Å²) in [7, 11) is 0. The van der Waals surface area contributed by atoms with Crippen molar-refractivity contribution in [3.63, 3.8) is 0 Å². The number of halogens is 5. The molecule has 0 aliphatic heterocycles. The molecule has 0 amide bonds. The molecule has 5 rings (SSSR count). The van der Waals surface area contributed by atoms with Crippen LogP contribution >= 0.6 is 63.1 Å². The summed E-state index contributed by atoms with van der Waals surface area (Å²) in [6.07, 6.45) is 0. The summed E-state index contributed by atoms with van der Waals surface area (Å²) in [4.78, 5) is 5.12. The van der Waals surface area contributed by atoms with Crippen molar-refractivity contribution in [2.75, 3.05) is 0 Å². The molecule has 0 aliphatic rings. The summed E-state index contributed by atoms with van der Waals surface area (Å²) in [5, 5.41) is 0. The van der Waals surface area contributed by atoms with E-state index in [0.717, 1.165) is 24.5 Å². The monoisotopic (exact) mass is 720 g/mol. The van der Waals surface area contributed by atoms with Crippen LogP contribution in [0.2, 0.25) is 0 Å². The van der Waals surface area contributed by atoms with Gasteiger partial charge in [0.25, 0.3) is 0 Å². The highest BCUT2D eigenvalue weighted by molar-refractivity contribution is 7.81. The molecule has 0 fully saturated rings. The minimum Gasteiger partial charge on any atom is -0.269 e. The minimum absolute atomic E-state index is 0. The van der Waals surface area contributed by atoms with Gasteiger partial charge in [-0.1, -0.05) is 88.5 Å². The molecule has 0 heterocycles. The SMILES string of the molecule is Cc1ccc(S)cc1.Cc1ccc(S)cc1.Cc1ccc(S)cc1.Cc1ccc(S)cc1.Cc1ccc(S)cc1.F.F.F.F.F. The normalized spacial score (nSPS) is 8.22. The molecule has 0 spiro atoms. The van der Waals surface area contributed by atoms with Crippen LogP contribution in [0.4, 0.5) is 23.5 Å². The molecule has 0 nitrogen and oxygen atoms in total. The lowest BCUT2D eigenvalue weighted by atomic mass is 10.2. The van der Waals surface area contributed by atoms with Crippen LogP contribution in [0.5, 0.6) is 0 Å². The van der Waals surface area contributed by atoms with E-state index < -0.39 is 0 Å². The van der Waals surface area contributed by atoms with Crippen LogP contribution in [-0.4, -0.2) is 0 Å². The van der Waals surface area contributed by atoms with Gasteiger partial charge in [0.05, 0.1) is 0 Å². The lowest BCUT2D eigenvalue weighted by Gasteiger charge is -1.89. The van der Waals surface area contributed by atoms with E-state index in [1.165, 1.54) is 27.8 Å². The van der Waals surface area contributed by atoms with Crippen molar-refractivity contribution in [1.29, 1.82) is 0 Å². The fourth-order valence-electron chi connectivity index (χ4n) is 2.72. The first-order chi connectivity index (χ1) is 18.9. The highest BCUT2D eigenvalue weighted by Crippen LogP contribution is 2.08. The Kier molecular flexibility index (Phi) is 34.9. The number of rotatable bonds is 0. The Morgan fingerprint density at radius 3 is 0.378 bits per heavy atom. The third kappa shape index (κ3) is 28.7. The fraction of sp³-hybridized carbons (Fsp3) is 0.143. The van der Waals surface area contributed by atoms with Gasteiger partial charge in [-0.2, -0.15) is 0 Å². The molecule has 0 radical (unpaired) electrons. The molecule has 5 aromatic carbocycles. The molecule has 0 bridgehead atoms. The Hall–Kier alpha value is -2.50. The van der Waals surface area contributed by atoms with E-state index in [0.29, 0.717) is 0 Å². The van der Waals surface area contributed by atoms with Crippen LogP contribution in [0.15, 0.2) is 146 Å². The third-order valence-electron chi connectivity index (χ3n) is 5.17. The van der Waals surface area contributed by atoms with Crippen molar-refractivity contribution in [3.05, 3.63) is 149 Å². The average Bonchev–Trinajstić information content (AvgIpc) is 2.94. The first kappa shape index (κ1) is 52.1. The Bertz CT molecular complexity index is 991. The third-order valence-corrected chi connectivity index (χ3v) is 6.66. The first-order valence-corrected chi connectivity index (χ1v) is 15.0. The molecule has 45 heavy (non-hydrogen) atoms. The van der Waals surface area contributed by atoms with Crippen molar-refractivity contribution in [3.8, 4) is 0 Å². The summed E-state index contributed by atoms with van der Waals surface area (Å²) in [5.41, 5.74) is 6.40. The van der Waals surface area contributed by atoms with Crippen LogP contribution in [0.3, 0.4) is 0 Å². The van der Waals surface area contributed by atoms with Crippen molar-refractivity contribution in [1.82, 2.24) is 0 Å². The van der Waals surface area contributed by atoms with Gasteiger partial charge in [-0.25, -0.2) is 0 Å². The quantitative estimate of drug-likeness (QED) is 0.0764. The predicted molar refractivity (Wildman–Crippen MR) is 205 cm³/mol. The predicted octanol–water partition coefficient (Wildman–Crippen LogP) is 12.2. The standard InChI is InChI=1S/5C7H8S.5FH/c5*1-6-2-4-7(8)5-3-6;;;;;/h5*2-5,8H,1H3;5*1H. The number of hydrogen-bond acceptors (Lipinski definition) is 5. The van der Waals surface area contributed by atoms with E-state index in [1.807, 2.05) is 121 Å². The van der Waals surface area contributed by atoms with Crippen molar-refractivity contribution >= 4 is 63.1 Å². The van der Waals surface area contributed by atoms with E-state index in [2.05, 4.69) is 97.8 Å². The van der Waals surface area contributed by atoms with Gasteiger partial charge in [0.15, 0.2) is 0 Å². The van der Waals surface area contributed by atoms with Crippen LogP contribution in [0.1, 0.15) is 27.8 Å². The van der Waals surface area contributed by atoms with E-state index in [4.69, 9.17) is 0 Å². The smallest absolute Gasteiger partial charge is 0.00401 e. The van der Waals surface area contributed by atoms with Crippen LogP contribution in [-0.2, 0) is 0 Å². The minimum atomic E-state index is 0. The number of benzene rings is 5. The molecule has 5 aromatic rings. The number of hydrogen-bond donors (Lipinski definition) is 5. The molecular weight excluding hydrogens is 676 g/mol. The van der Waals surface area contributed by atoms with Crippen molar-refractivity contribution in [2.45, 2.75) is 59.1 Å². The Balaban J connectivity index is -0.000000144. The summed E-state index contributed by atoms with van der Waals surface area (Å²) >= 11 is 20.7. The molecule has 0 unspecified atom stereocenters. The highest BCUT2D eigenvalue weighted by atomic mass is 32.1. The maximum Gasteiger partial charge on any atom is 0.00401 e. The summed E-state index contributed by atoms with van der Waals surface area (Å²) < 4.78 is 0. The second kappa shape index (κ2) is 30.2. The Labute approximate surface area is 293 Å². The molecule has 0 atom stereocenters. The van der Waals surface area contributed by atoms with Crippen LogP contribution < -0.4 is 0 Å². The van der Waals surface area contributed by atoms with E-state index in [-0.39, 0.29) is 23.5 Å². The van der Waals surface area contributed by atoms with Gasteiger partial charge in [0.1, 0.15) is 0 Å². The summed E-state index contributed by atoms with van der Waals surface area (Å²) in [6.45, 7) is 10.3. The molecule has 0 saturated heterocycles. The topological polar surface area (TPSA) is 0 Å². The molecule has 0 saturated carbocycles. The second-order valence-corrected chi connectivity index (χ2v) is 11.8. The van der Waals surface area contributed by atoms with Gasteiger partial charge in [-0.15, -0.1) is 63.1 Å². The zero-order valence-corrected chi connectivity index (χ0v) is 30.3. The van der Waals surface area contributed by atoms with Gasteiger partial charge in [0.2, 0.25) is 0 Å². The van der Waals surface area contributed by atoms with E-state index in [9.17, 15) is 0 Å². The molecule has 10 heteroatoms. The Morgan fingerprint density at radius 2 is 0.311 bits per heavy atom. The highest BCUT2D eigenvalue weighted by Gasteiger charge is 1.83. The summed E-state index contributed by atoms with van der Waals surface area (Å²) in [6, 6.07) is 40.3. The van der Waals surface area contributed by atoms with E-state index in [1.54, 1.807) is 0 Å². The molecule has 250 valence electrons. The zero-order valence-electron chi connectivity index (χ0n) is 25.8. The largest absolute Gasteiger partial charge is 0.269 e. The van der Waals surface area contributed by atoms with E-state index >= 15 is 0 Å². The average molecular weight is 721 g/mol. The van der Waals surface area contributed by atoms with Crippen LogP contribution in [0, 0.1) is 34.6 Å². The molecular formula is C35H45F5S5. The number of thiol groups is 5. The first-order valence-electron chi connectivity index (χ1n) is 12.7. The maximum absolute atomic E-state index is 4.13. The lowest BCUT2D eigenvalue weighted by molar-refractivity contribution is 1.11. The van der Waals surface area contributed by atoms with Gasteiger partial charge < -0.3 is 0 Å². The van der Waals surface area contributed by atoms with Crippen molar-refractivity contribution in [2.24, 2.45) is 0 Å². The zero-order chi connectivity index (χ0) is 29.9. The second-order valence-electron chi connectivity index (χ2n) is 9.18. The molecule has 0 aliphatic carbocycles. The summed E-state index contributed by atoms with van der Waals surface area (Å²) in [5.74, 6) is 0. The van der Waals surface area contributed by atoms with Crippen LogP contribution in [0.25, 0.3) is 0 Å². The van der Waals surface area contributed by atoms with Crippen molar-refractivity contribution < 1.29 is 23.5 Å². The van der Waals surface area contributed by atoms with Gasteiger partial charge >= 0.3 is 0 Å². The number of aryl methyl sites for hydroxylation is 5. The maximum atomic E-state index is 4.13. The Morgan fingerprint density at radius 1 is 0.222 bits per heavy atom. The lowest BCUT2D eigenvalue weighted by Crippen LogP contribution is -1.67. The van der Waals surface area contributed by atoms with Gasteiger partial charge in [-0.3, -0.25) is 23.5 Å².